The molecule has 3 N–H and O–H groups in total. The molecule has 2 bridgehead atoms. The molecule has 1 heterocycles. The molecule has 3 aliphatic rings. The molecule has 4 unspecified atom stereocenters. The molecule has 0 aromatic carbocycles. The molecule has 3 fully saturated rings. The Bertz CT molecular complexity index is 593. The third kappa shape index (κ3) is 1.70. The molecule has 0 amide bonds. The zero-order chi connectivity index (χ0) is 13.2. The van der Waals surface area contributed by atoms with Crippen molar-refractivity contribution in [2.45, 2.75) is 36.9 Å². The first-order valence-electron chi connectivity index (χ1n) is 6.91. The quantitative estimate of drug-likeness (QED) is 0.864. The summed E-state index contributed by atoms with van der Waals surface area (Å²) in [5.74, 6) is 3.16. The molecule has 0 saturated heterocycles. The van der Waals surface area contributed by atoms with Crippen molar-refractivity contribution in [2.75, 3.05) is 0 Å². The van der Waals surface area contributed by atoms with Gasteiger partial charge in [0.25, 0.3) is 10.0 Å². The highest BCUT2D eigenvalue weighted by Crippen LogP contribution is 2.65. The van der Waals surface area contributed by atoms with Crippen molar-refractivity contribution < 1.29 is 12.8 Å². The Morgan fingerprint density at radius 2 is 1.95 bits per heavy atom. The number of furan rings is 1. The van der Waals surface area contributed by atoms with Crippen LogP contribution in [0.5, 0.6) is 0 Å². The van der Waals surface area contributed by atoms with Crippen molar-refractivity contribution in [1.82, 2.24) is 4.72 Å². The first-order valence-corrected chi connectivity index (χ1v) is 8.39. The lowest BCUT2D eigenvalue weighted by Crippen LogP contribution is -2.29. The Kier molecular flexibility index (Phi) is 2.41. The smallest absolute Gasteiger partial charge is 0.274 e. The monoisotopic (exact) mass is 282 g/mol. The normalized spacial score (nSPS) is 39.5. The molecule has 4 rings (SSSR count). The SMILES string of the molecule is NCc1ccc(S(=O)(=O)NC2C3C4CCC(C4)C23)o1. The molecule has 1 aromatic heterocycles. The van der Waals surface area contributed by atoms with Gasteiger partial charge in [0.15, 0.2) is 0 Å². The van der Waals surface area contributed by atoms with E-state index >= 15 is 0 Å². The number of hydrogen-bond acceptors (Lipinski definition) is 4. The van der Waals surface area contributed by atoms with Gasteiger partial charge in [-0.15, -0.1) is 0 Å². The van der Waals surface area contributed by atoms with Crippen molar-refractivity contribution in [3.05, 3.63) is 17.9 Å². The molecular formula is C13H18N2O3S. The minimum Gasteiger partial charge on any atom is -0.447 e. The largest absolute Gasteiger partial charge is 0.447 e. The summed E-state index contributed by atoms with van der Waals surface area (Å²) in [4.78, 5) is 0. The first kappa shape index (κ1) is 11.9. The highest BCUT2D eigenvalue weighted by atomic mass is 32.2. The molecule has 5 nitrogen and oxygen atoms in total. The average molecular weight is 282 g/mol. The molecule has 19 heavy (non-hydrogen) atoms. The predicted molar refractivity (Wildman–Crippen MR) is 68.5 cm³/mol. The molecule has 0 radical (unpaired) electrons. The highest BCUT2D eigenvalue weighted by molar-refractivity contribution is 7.89. The second-order valence-corrected chi connectivity index (χ2v) is 7.70. The Labute approximate surface area is 112 Å². The van der Waals surface area contributed by atoms with Crippen LogP contribution >= 0.6 is 0 Å². The fourth-order valence-corrected chi connectivity index (χ4v) is 5.59. The van der Waals surface area contributed by atoms with Crippen LogP contribution in [0.4, 0.5) is 0 Å². The lowest BCUT2D eigenvalue weighted by atomic mass is 10.0. The van der Waals surface area contributed by atoms with Crippen LogP contribution in [0.1, 0.15) is 25.0 Å². The number of nitrogens with one attached hydrogen (secondary N) is 1. The molecule has 0 aliphatic heterocycles. The van der Waals surface area contributed by atoms with E-state index < -0.39 is 10.0 Å². The Hall–Kier alpha value is -0.850. The highest BCUT2D eigenvalue weighted by Gasteiger charge is 2.65. The van der Waals surface area contributed by atoms with E-state index in [0.717, 1.165) is 11.8 Å². The van der Waals surface area contributed by atoms with Crippen LogP contribution in [0.2, 0.25) is 0 Å². The van der Waals surface area contributed by atoms with Gasteiger partial charge < -0.3 is 10.2 Å². The molecular weight excluding hydrogens is 264 g/mol. The third-order valence-electron chi connectivity index (χ3n) is 5.13. The molecule has 3 saturated carbocycles. The molecule has 4 atom stereocenters. The maximum atomic E-state index is 12.2. The molecule has 104 valence electrons. The molecule has 0 spiro atoms. The standard InChI is InChI=1S/C13H18N2O3S/c14-6-9-3-4-10(18-9)19(16,17)15-13-11-7-1-2-8(5-7)12(11)13/h3-4,7-8,11-13,15H,1-2,5-6,14H2. The van der Waals surface area contributed by atoms with Gasteiger partial charge in [-0.3, -0.25) is 0 Å². The van der Waals surface area contributed by atoms with Crippen LogP contribution in [0.25, 0.3) is 0 Å². The molecule has 1 aromatic rings. The minimum atomic E-state index is -3.52. The van der Waals surface area contributed by atoms with Crippen LogP contribution in [0.15, 0.2) is 21.6 Å². The summed E-state index contributed by atoms with van der Waals surface area (Å²) in [5.41, 5.74) is 5.43. The second-order valence-electron chi connectivity index (χ2n) is 6.06. The van der Waals surface area contributed by atoms with Crippen LogP contribution in [0.3, 0.4) is 0 Å². The van der Waals surface area contributed by atoms with Gasteiger partial charge in [-0.25, -0.2) is 13.1 Å². The van der Waals surface area contributed by atoms with E-state index in [-0.39, 0.29) is 17.7 Å². The van der Waals surface area contributed by atoms with Crippen LogP contribution in [0, 0.1) is 23.7 Å². The van der Waals surface area contributed by atoms with Gasteiger partial charge in [-0.05, 0) is 55.1 Å². The lowest BCUT2D eigenvalue weighted by Gasteiger charge is -2.09. The van der Waals surface area contributed by atoms with Gasteiger partial charge in [0.05, 0.1) is 6.54 Å². The van der Waals surface area contributed by atoms with Crippen molar-refractivity contribution in [3.8, 4) is 0 Å². The first-order chi connectivity index (χ1) is 9.10. The van der Waals surface area contributed by atoms with E-state index in [9.17, 15) is 8.42 Å². The Morgan fingerprint density at radius 3 is 2.53 bits per heavy atom. The Morgan fingerprint density at radius 1 is 1.26 bits per heavy atom. The summed E-state index contributed by atoms with van der Waals surface area (Å²) in [6.07, 6.45) is 3.87. The molecule has 6 heteroatoms. The third-order valence-corrected chi connectivity index (χ3v) is 6.46. The van der Waals surface area contributed by atoms with Gasteiger partial charge >= 0.3 is 0 Å². The number of sulfonamides is 1. The topological polar surface area (TPSA) is 85.3 Å². The fraction of sp³-hybridized carbons (Fsp3) is 0.692. The fourth-order valence-electron chi connectivity index (χ4n) is 4.33. The van der Waals surface area contributed by atoms with Crippen LogP contribution in [-0.2, 0) is 16.6 Å². The van der Waals surface area contributed by atoms with E-state index in [1.54, 1.807) is 6.07 Å². The van der Waals surface area contributed by atoms with Gasteiger partial charge in [-0.2, -0.15) is 0 Å². The van der Waals surface area contributed by atoms with E-state index in [1.165, 1.54) is 25.3 Å². The zero-order valence-electron chi connectivity index (χ0n) is 10.6. The summed E-state index contributed by atoms with van der Waals surface area (Å²) in [6, 6.07) is 3.24. The predicted octanol–water partition coefficient (Wildman–Crippen LogP) is 1.06. The van der Waals surface area contributed by atoms with Crippen molar-refractivity contribution in [1.29, 1.82) is 0 Å². The van der Waals surface area contributed by atoms with E-state index in [2.05, 4.69) is 4.72 Å². The minimum absolute atomic E-state index is 0.00901. The second kappa shape index (κ2) is 3.84. The zero-order valence-corrected chi connectivity index (χ0v) is 11.4. The van der Waals surface area contributed by atoms with Gasteiger partial charge in [0.2, 0.25) is 5.09 Å². The lowest BCUT2D eigenvalue weighted by molar-refractivity contribution is 0.409. The number of rotatable bonds is 4. The van der Waals surface area contributed by atoms with E-state index in [0.29, 0.717) is 17.6 Å². The van der Waals surface area contributed by atoms with Gasteiger partial charge in [0, 0.05) is 6.04 Å². The average Bonchev–Trinajstić information content (AvgIpc) is 2.88. The molecule has 3 aliphatic carbocycles. The summed E-state index contributed by atoms with van der Waals surface area (Å²) in [7, 11) is -3.52. The van der Waals surface area contributed by atoms with Gasteiger partial charge in [0.1, 0.15) is 5.76 Å². The number of fused-ring (bicyclic) bond motifs is 5. The van der Waals surface area contributed by atoms with E-state index in [4.69, 9.17) is 10.2 Å². The summed E-state index contributed by atoms with van der Waals surface area (Å²) < 4.78 is 32.5. The van der Waals surface area contributed by atoms with Crippen LogP contribution in [-0.4, -0.2) is 14.5 Å². The number of hydrogen-bond donors (Lipinski definition) is 2. The summed E-state index contributed by atoms with van der Waals surface area (Å²) >= 11 is 0. The summed E-state index contributed by atoms with van der Waals surface area (Å²) in [5, 5.41) is -0.00901. The van der Waals surface area contributed by atoms with Crippen LogP contribution < -0.4 is 10.5 Å². The van der Waals surface area contributed by atoms with Crippen molar-refractivity contribution in [2.24, 2.45) is 29.4 Å². The number of nitrogens with two attached hydrogens (primary N) is 1. The van der Waals surface area contributed by atoms with Crippen molar-refractivity contribution in [3.63, 3.8) is 0 Å². The Balaban J connectivity index is 1.51. The maximum Gasteiger partial charge on any atom is 0.274 e. The van der Waals surface area contributed by atoms with Crippen molar-refractivity contribution >= 4 is 10.0 Å². The van der Waals surface area contributed by atoms with E-state index in [1.807, 2.05) is 0 Å². The van der Waals surface area contributed by atoms with Gasteiger partial charge in [-0.1, -0.05) is 0 Å². The summed E-state index contributed by atoms with van der Waals surface area (Å²) in [6.45, 7) is 0.217. The maximum absolute atomic E-state index is 12.2.